The third-order valence-electron chi connectivity index (χ3n) is 5.46. The Labute approximate surface area is 191 Å². The van der Waals surface area contributed by atoms with E-state index in [1.54, 1.807) is 17.0 Å². The molecule has 1 aliphatic rings. The first-order valence-electron chi connectivity index (χ1n) is 9.93. The van der Waals surface area contributed by atoms with E-state index in [0.717, 1.165) is 38.5 Å². The minimum Gasteiger partial charge on any atom is -0.276 e. The number of hydrogen-bond acceptors (Lipinski definition) is 6. The standard InChI is InChI=1S/C23H15ClN6OS/c1-13-27-28-19-11-25-21(14-6-2-4-8-17(14)24)16-10-20(32-23(16)30(13)19)29-12-26-18-9-5-3-7-15(18)22(29)31/h2-10,12H,11H2,1H3. The first-order chi connectivity index (χ1) is 15.6. The number of benzene rings is 2. The Morgan fingerprint density at radius 1 is 1.03 bits per heavy atom. The average Bonchev–Trinajstić information content (AvgIpc) is 3.35. The second-order valence-corrected chi connectivity index (χ2v) is 8.80. The van der Waals surface area contributed by atoms with Crippen molar-refractivity contribution in [2.45, 2.75) is 13.5 Å². The van der Waals surface area contributed by atoms with Crippen molar-refractivity contribution in [2.24, 2.45) is 4.99 Å². The number of thiophene rings is 1. The van der Waals surface area contributed by atoms with Crippen LogP contribution in [0.5, 0.6) is 0 Å². The Bertz CT molecular complexity index is 1610. The minimum atomic E-state index is -0.121. The fourth-order valence-electron chi connectivity index (χ4n) is 3.94. The van der Waals surface area contributed by atoms with Gasteiger partial charge in [-0.1, -0.05) is 53.3 Å². The molecule has 0 radical (unpaired) electrons. The fraction of sp³-hybridized carbons (Fsp3) is 0.0870. The summed E-state index contributed by atoms with van der Waals surface area (Å²) in [5.74, 6) is 1.50. The molecule has 9 heteroatoms. The van der Waals surface area contributed by atoms with E-state index in [1.165, 1.54) is 11.3 Å². The number of nitrogens with zero attached hydrogens (tertiary/aromatic N) is 6. The van der Waals surface area contributed by atoms with Crippen LogP contribution in [0, 0.1) is 6.92 Å². The first-order valence-corrected chi connectivity index (χ1v) is 11.1. The Kier molecular flexibility index (Phi) is 4.31. The number of aryl methyl sites for hydroxylation is 1. The van der Waals surface area contributed by atoms with Gasteiger partial charge in [0.2, 0.25) is 0 Å². The monoisotopic (exact) mass is 458 g/mol. The quantitative estimate of drug-likeness (QED) is 0.394. The van der Waals surface area contributed by atoms with Crippen molar-refractivity contribution in [3.05, 3.63) is 99.1 Å². The number of hydrogen-bond donors (Lipinski definition) is 0. The summed E-state index contributed by atoms with van der Waals surface area (Å²) in [5, 5.41) is 11.4. The molecule has 0 aliphatic carbocycles. The predicted octanol–water partition coefficient (Wildman–Crippen LogP) is 4.34. The van der Waals surface area contributed by atoms with Crippen LogP contribution in [0.2, 0.25) is 5.02 Å². The highest BCUT2D eigenvalue weighted by Gasteiger charge is 2.26. The summed E-state index contributed by atoms with van der Waals surface area (Å²) >= 11 is 8.00. The van der Waals surface area contributed by atoms with E-state index in [2.05, 4.69) is 15.2 Å². The molecular formula is C23H15ClN6OS. The molecule has 156 valence electrons. The SMILES string of the molecule is Cc1nnc2n1-c1sc(-n3cnc4ccccc4c3=O)cc1C(c1ccccc1Cl)=NC2. The van der Waals surface area contributed by atoms with Crippen LogP contribution in [0.1, 0.15) is 22.8 Å². The lowest BCUT2D eigenvalue weighted by atomic mass is 10.0. The van der Waals surface area contributed by atoms with Gasteiger partial charge in [0.25, 0.3) is 5.56 Å². The van der Waals surface area contributed by atoms with Crippen molar-refractivity contribution in [3.8, 4) is 10.0 Å². The molecule has 0 spiro atoms. The van der Waals surface area contributed by atoms with E-state index in [-0.39, 0.29) is 5.56 Å². The van der Waals surface area contributed by atoms with E-state index in [1.807, 2.05) is 60.0 Å². The van der Waals surface area contributed by atoms with Gasteiger partial charge in [0.15, 0.2) is 5.82 Å². The molecule has 0 saturated carbocycles. The molecule has 0 atom stereocenters. The van der Waals surface area contributed by atoms with Crippen LogP contribution >= 0.6 is 22.9 Å². The molecule has 0 saturated heterocycles. The van der Waals surface area contributed by atoms with Gasteiger partial charge in [0.1, 0.15) is 28.7 Å². The zero-order valence-electron chi connectivity index (χ0n) is 16.9. The maximum atomic E-state index is 13.2. The lowest BCUT2D eigenvalue weighted by Gasteiger charge is -2.08. The van der Waals surface area contributed by atoms with Crippen molar-refractivity contribution >= 4 is 39.6 Å². The van der Waals surface area contributed by atoms with Crippen molar-refractivity contribution < 1.29 is 0 Å². The van der Waals surface area contributed by atoms with Gasteiger partial charge in [-0.2, -0.15) is 0 Å². The van der Waals surface area contributed by atoms with Crippen molar-refractivity contribution in [3.63, 3.8) is 0 Å². The molecule has 7 nitrogen and oxygen atoms in total. The van der Waals surface area contributed by atoms with Crippen LogP contribution < -0.4 is 5.56 Å². The summed E-state index contributed by atoms with van der Waals surface area (Å²) in [5.41, 5.74) is 3.02. The summed E-state index contributed by atoms with van der Waals surface area (Å²) in [6.45, 7) is 2.29. The van der Waals surface area contributed by atoms with Gasteiger partial charge < -0.3 is 0 Å². The summed E-state index contributed by atoms with van der Waals surface area (Å²) in [7, 11) is 0. The highest BCUT2D eigenvalue weighted by Crippen LogP contribution is 2.35. The van der Waals surface area contributed by atoms with E-state index in [9.17, 15) is 4.79 Å². The molecule has 5 aromatic rings. The Morgan fingerprint density at radius 2 is 1.84 bits per heavy atom. The number of aromatic nitrogens is 5. The van der Waals surface area contributed by atoms with Gasteiger partial charge in [0, 0.05) is 16.1 Å². The maximum Gasteiger partial charge on any atom is 0.266 e. The number of aliphatic imine (C=N–C) groups is 1. The molecule has 0 N–H and O–H groups in total. The Hall–Kier alpha value is -3.62. The molecule has 0 amide bonds. The summed E-state index contributed by atoms with van der Waals surface area (Å²) in [6, 6.07) is 16.9. The molecule has 0 bridgehead atoms. The van der Waals surface area contributed by atoms with Crippen molar-refractivity contribution in [1.29, 1.82) is 0 Å². The van der Waals surface area contributed by atoms with E-state index < -0.39 is 0 Å². The van der Waals surface area contributed by atoms with Gasteiger partial charge in [-0.15, -0.1) is 10.2 Å². The number of rotatable bonds is 2. The van der Waals surface area contributed by atoms with Gasteiger partial charge in [0.05, 0.1) is 16.6 Å². The average molecular weight is 459 g/mol. The molecule has 1 aliphatic heterocycles. The van der Waals surface area contributed by atoms with Crippen LogP contribution in [0.3, 0.4) is 0 Å². The van der Waals surface area contributed by atoms with E-state index in [4.69, 9.17) is 16.6 Å². The largest absolute Gasteiger partial charge is 0.276 e. The third-order valence-corrected chi connectivity index (χ3v) is 6.91. The first kappa shape index (κ1) is 19.1. The summed E-state index contributed by atoms with van der Waals surface area (Å²) in [6.07, 6.45) is 1.57. The molecule has 3 aromatic heterocycles. The molecule has 6 rings (SSSR count). The third kappa shape index (κ3) is 2.84. The molecule has 0 fully saturated rings. The Balaban J connectivity index is 1.63. The predicted molar refractivity (Wildman–Crippen MR) is 126 cm³/mol. The van der Waals surface area contributed by atoms with Crippen LogP contribution in [0.15, 0.2) is 70.7 Å². The van der Waals surface area contributed by atoms with E-state index in [0.29, 0.717) is 22.5 Å². The summed E-state index contributed by atoms with van der Waals surface area (Å²) in [4.78, 5) is 22.5. The van der Waals surface area contributed by atoms with Crippen molar-refractivity contribution in [1.82, 2.24) is 24.3 Å². The molecule has 0 unspecified atom stereocenters. The maximum absolute atomic E-state index is 13.2. The number of halogens is 1. The fourth-order valence-corrected chi connectivity index (χ4v) is 5.36. The highest BCUT2D eigenvalue weighted by atomic mass is 35.5. The lowest BCUT2D eigenvalue weighted by Crippen LogP contribution is -2.17. The second kappa shape index (κ2) is 7.22. The molecule has 4 heterocycles. The minimum absolute atomic E-state index is 0.121. The highest BCUT2D eigenvalue weighted by molar-refractivity contribution is 7.17. The van der Waals surface area contributed by atoms with Crippen molar-refractivity contribution in [2.75, 3.05) is 0 Å². The van der Waals surface area contributed by atoms with Gasteiger partial charge in [-0.3, -0.25) is 18.9 Å². The van der Waals surface area contributed by atoms with Crippen LogP contribution in [0.4, 0.5) is 0 Å². The Morgan fingerprint density at radius 3 is 2.72 bits per heavy atom. The second-order valence-electron chi connectivity index (χ2n) is 7.38. The number of para-hydroxylation sites is 1. The zero-order valence-corrected chi connectivity index (χ0v) is 18.4. The molecule has 2 aromatic carbocycles. The van der Waals surface area contributed by atoms with Crippen LogP contribution in [-0.4, -0.2) is 30.0 Å². The molecular weight excluding hydrogens is 444 g/mol. The van der Waals surface area contributed by atoms with E-state index >= 15 is 0 Å². The molecule has 32 heavy (non-hydrogen) atoms. The van der Waals surface area contributed by atoms with Gasteiger partial charge >= 0.3 is 0 Å². The normalized spacial score (nSPS) is 12.9. The smallest absolute Gasteiger partial charge is 0.266 e. The van der Waals surface area contributed by atoms with Crippen LogP contribution in [0.25, 0.3) is 20.9 Å². The zero-order chi connectivity index (χ0) is 21.8. The van der Waals surface area contributed by atoms with Crippen LogP contribution in [-0.2, 0) is 6.54 Å². The van der Waals surface area contributed by atoms with Gasteiger partial charge in [-0.25, -0.2) is 4.98 Å². The van der Waals surface area contributed by atoms with Gasteiger partial charge in [-0.05, 0) is 31.2 Å². The topological polar surface area (TPSA) is 78.0 Å². The number of fused-ring (bicyclic) bond motifs is 4. The summed E-state index contributed by atoms with van der Waals surface area (Å²) < 4.78 is 3.57. The lowest BCUT2D eigenvalue weighted by molar-refractivity contribution is 0.869.